The van der Waals surface area contributed by atoms with Gasteiger partial charge in [-0.3, -0.25) is 14.4 Å². The molecule has 0 N–H and O–H groups in total. The number of anilines is 1. The van der Waals surface area contributed by atoms with E-state index in [-0.39, 0.29) is 37.4 Å². The number of piperidine rings is 1. The molecule has 2 aliphatic rings. The summed E-state index contributed by atoms with van der Waals surface area (Å²) in [5, 5.41) is 9.36. The molecule has 0 aliphatic carbocycles. The van der Waals surface area contributed by atoms with Gasteiger partial charge in [0.2, 0.25) is 11.8 Å². The van der Waals surface area contributed by atoms with Crippen LogP contribution in [-0.2, 0) is 20.9 Å². The lowest BCUT2D eigenvalue weighted by molar-refractivity contribution is -0.151. The molecular weight excluding hydrogens is 647 g/mol. The maximum Gasteiger partial charge on any atom is 0.251 e. The first-order valence-electron chi connectivity index (χ1n) is 13.6. The summed E-state index contributed by atoms with van der Waals surface area (Å²) in [4.78, 5) is 44.6. The number of rotatable bonds is 8. The smallest absolute Gasteiger partial charge is 0.251 e. The highest BCUT2D eigenvalue weighted by Crippen LogP contribution is 2.29. The van der Waals surface area contributed by atoms with Crippen molar-refractivity contribution >= 4 is 62.5 Å². The number of benzene rings is 2. The zero-order valence-corrected chi connectivity index (χ0v) is 26.4. The van der Waals surface area contributed by atoms with Crippen LogP contribution in [0.1, 0.15) is 38.4 Å². The topological polar surface area (TPSA) is 101 Å². The molecule has 0 radical (unpaired) electrons. The molecule has 1 atom stereocenters. The Morgan fingerprint density at radius 2 is 1.79 bits per heavy atom. The Morgan fingerprint density at radius 1 is 1.07 bits per heavy atom. The van der Waals surface area contributed by atoms with Crippen LogP contribution in [0.4, 0.5) is 5.69 Å². The molecule has 2 saturated heterocycles. The van der Waals surface area contributed by atoms with Crippen molar-refractivity contribution in [2.45, 2.75) is 39.3 Å². The molecule has 10 nitrogen and oxygen atoms in total. The molecule has 2 aliphatic heterocycles. The minimum absolute atomic E-state index is 0.0340. The summed E-state index contributed by atoms with van der Waals surface area (Å²) in [5.74, 6) is 0.0740. The number of hydrogen-bond donors (Lipinski definition) is 0. The molecule has 3 heterocycles. The molecule has 42 heavy (non-hydrogen) atoms. The van der Waals surface area contributed by atoms with Gasteiger partial charge in [0.25, 0.3) is 5.91 Å². The quantitative estimate of drug-likeness (QED) is 0.333. The number of hydrogen-bond acceptors (Lipinski definition) is 6. The lowest BCUT2D eigenvalue weighted by atomic mass is 9.92. The third-order valence-corrected chi connectivity index (χ3v) is 8.36. The van der Waals surface area contributed by atoms with Crippen LogP contribution in [0.5, 0.6) is 5.75 Å². The normalized spacial score (nSPS) is 18.0. The van der Waals surface area contributed by atoms with Crippen molar-refractivity contribution in [3.63, 3.8) is 0 Å². The molecule has 3 aromatic rings. The number of nitrogens with zero attached hydrogens (tertiary/aromatic N) is 6. The molecule has 222 valence electrons. The molecule has 3 amide bonds. The fourth-order valence-corrected chi connectivity index (χ4v) is 5.90. The highest BCUT2D eigenvalue weighted by Gasteiger charge is 2.37. The first-order chi connectivity index (χ1) is 20.0. The van der Waals surface area contributed by atoms with E-state index < -0.39 is 11.5 Å². The third kappa shape index (κ3) is 6.90. The second-order valence-corrected chi connectivity index (χ2v) is 12.9. The van der Waals surface area contributed by atoms with Crippen LogP contribution in [-0.4, -0.2) is 75.3 Å². The minimum Gasteiger partial charge on any atom is -0.492 e. The summed E-state index contributed by atoms with van der Waals surface area (Å²) >= 11 is 15.5. The third-order valence-electron chi connectivity index (χ3n) is 7.40. The van der Waals surface area contributed by atoms with E-state index in [4.69, 9.17) is 27.9 Å². The Balaban J connectivity index is 1.16. The van der Waals surface area contributed by atoms with Crippen molar-refractivity contribution in [1.29, 1.82) is 0 Å². The average Bonchev–Trinajstić information content (AvgIpc) is 3.41. The van der Waals surface area contributed by atoms with Crippen LogP contribution in [0.15, 0.2) is 53.1 Å². The van der Waals surface area contributed by atoms with E-state index in [1.807, 2.05) is 24.3 Å². The fraction of sp³-hybridized carbons (Fsp3) is 0.414. The summed E-state index contributed by atoms with van der Waals surface area (Å²) in [6.07, 6.45) is 3.24. The van der Waals surface area contributed by atoms with Gasteiger partial charge in [-0.2, -0.15) is 0 Å². The van der Waals surface area contributed by atoms with Crippen molar-refractivity contribution < 1.29 is 19.1 Å². The Bertz CT molecular complexity index is 1460. The molecule has 0 spiro atoms. The molecule has 0 bridgehead atoms. The zero-order chi connectivity index (χ0) is 30.0. The molecule has 2 aromatic carbocycles. The van der Waals surface area contributed by atoms with Gasteiger partial charge in [-0.15, -0.1) is 5.10 Å². The second kappa shape index (κ2) is 12.6. The fourth-order valence-electron chi connectivity index (χ4n) is 5.13. The Kier molecular flexibility index (Phi) is 9.10. The van der Waals surface area contributed by atoms with Gasteiger partial charge >= 0.3 is 0 Å². The van der Waals surface area contributed by atoms with Crippen LogP contribution in [0, 0.1) is 5.41 Å². The van der Waals surface area contributed by atoms with Crippen molar-refractivity contribution in [1.82, 2.24) is 24.8 Å². The van der Waals surface area contributed by atoms with Crippen molar-refractivity contribution in [3.8, 4) is 5.75 Å². The van der Waals surface area contributed by atoms with Gasteiger partial charge in [0, 0.05) is 39.8 Å². The van der Waals surface area contributed by atoms with E-state index >= 15 is 0 Å². The number of carbonyl (C=O) groups excluding carboxylic acids is 3. The van der Waals surface area contributed by atoms with E-state index in [2.05, 4.69) is 26.2 Å². The van der Waals surface area contributed by atoms with Gasteiger partial charge < -0.3 is 19.4 Å². The standard InChI is InChI=1S/C29H31BrCl2N6O4/c1-29(2,18-42-24-13-20(31)12-21(32)14-24)28(41)36-11-10-35(26(39)17-36)15-22-16-38(34-33-22)25-4-3-9-37(27(25)40)23-7-5-19(30)6-8-23/h5-8,12-14,16,25H,3-4,9-11,15,17-18H2,1-2H3. The number of aromatic nitrogens is 3. The number of amides is 3. The summed E-state index contributed by atoms with van der Waals surface area (Å²) < 4.78 is 8.36. The van der Waals surface area contributed by atoms with Crippen molar-refractivity contribution in [2.75, 3.05) is 37.7 Å². The molecule has 13 heteroatoms. The number of halogens is 3. The number of carbonyl (C=O) groups is 3. The van der Waals surface area contributed by atoms with E-state index in [9.17, 15) is 14.4 Å². The van der Waals surface area contributed by atoms with Crippen LogP contribution >= 0.6 is 39.1 Å². The monoisotopic (exact) mass is 676 g/mol. The van der Waals surface area contributed by atoms with Crippen LogP contribution in [0.2, 0.25) is 10.0 Å². The van der Waals surface area contributed by atoms with E-state index in [0.717, 1.165) is 16.6 Å². The molecular formula is C29H31BrCl2N6O4. The maximum atomic E-state index is 13.3. The van der Waals surface area contributed by atoms with Gasteiger partial charge in [-0.05, 0) is 69.2 Å². The van der Waals surface area contributed by atoms with Gasteiger partial charge in [0.1, 0.15) is 24.1 Å². The van der Waals surface area contributed by atoms with E-state index in [1.165, 1.54) is 0 Å². The molecule has 2 fully saturated rings. The van der Waals surface area contributed by atoms with E-state index in [1.54, 1.807) is 57.6 Å². The highest BCUT2D eigenvalue weighted by molar-refractivity contribution is 9.10. The summed E-state index contributed by atoms with van der Waals surface area (Å²) in [5.41, 5.74) is 0.553. The Morgan fingerprint density at radius 3 is 2.48 bits per heavy atom. The van der Waals surface area contributed by atoms with Crippen molar-refractivity contribution in [2.24, 2.45) is 5.41 Å². The summed E-state index contributed by atoms with van der Waals surface area (Å²) in [6, 6.07) is 12.1. The molecule has 5 rings (SSSR count). The zero-order valence-electron chi connectivity index (χ0n) is 23.3. The Labute approximate surface area is 262 Å². The molecule has 1 aromatic heterocycles. The van der Waals surface area contributed by atoms with E-state index in [0.29, 0.717) is 47.5 Å². The highest BCUT2D eigenvalue weighted by atomic mass is 79.9. The maximum absolute atomic E-state index is 13.3. The predicted octanol–water partition coefficient (Wildman–Crippen LogP) is 4.99. The Hall–Kier alpha value is -3.15. The first kappa shape index (κ1) is 30.3. The predicted molar refractivity (Wildman–Crippen MR) is 163 cm³/mol. The van der Waals surface area contributed by atoms with Crippen LogP contribution in [0.25, 0.3) is 0 Å². The van der Waals surface area contributed by atoms with Crippen LogP contribution < -0.4 is 9.64 Å². The SMILES string of the molecule is CC(C)(COc1cc(Cl)cc(Cl)c1)C(=O)N1CCN(Cc2cn(C3CCCN(c4ccc(Br)cc4)C3=O)nn2)C(=O)C1. The molecule has 1 unspecified atom stereocenters. The average molecular weight is 678 g/mol. The summed E-state index contributed by atoms with van der Waals surface area (Å²) in [6.45, 7) is 5.25. The number of ether oxygens (including phenoxy) is 1. The minimum atomic E-state index is -0.878. The van der Waals surface area contributed by atoms with Gasteiger partial charge in [-0.1, -0.05) is 44.3 Å². The molecule has 0 saturated carbocycles. The van der Waals surface area contributed by atoms with Gasteiger partial charge in [0.05, 0.1) is 24.7 Å². The largest absolute Gasteiger partial charge is 0.492 e. The second-order valence-electron chi connectivity index (χ2n) is 11.1. The lowest BCUT2D eigenvalue weighted by Crippen LogP contribution is -2.55. The van der Waals surface area contributed by atoms with Gasteiger partial charge in [0.15, 0.2) is 0 Å². The lowest BCUT2D eigenvalue weighted by Gasteiger charge is -2.37. The van der Waals surface area contributed by atoms with Crippen LogP contribution in [0.3, 0.4) is 0 Å². The van der Waals surface area contributed by atoms with Gasteiger partial charge in [-0.25, -0.2) is 4.68 Å². The first-order valence-corrected chi connectivity index (χ1v) is 15.2. The number of piperazine rings is 1. The van der Waals surface area contributed by atoms with Crippen molar-refractivity contribution in [3.05, 3.63) is 68.9 Å². The summed E-state index contributed by atoms with van der Waals surface area (Å²) in [7, 11) is 0.